The normalized spacial score (nSPS) is 10.6. The Kier molecular flexibility index (Phi) is 3.36. The maximum Gasteiger partial charge on any atom is 0.213 e. The lowest BCUT2D eigenvalue weighted by Crippen LogP contribution is -1.88. The SMILES string of the molecule is CCc1nc(Sc2ccc(Cl)cc2N)n[nH]1. The summed E-state index contributed by atoms with van der Waals surface area (Å²) in [7, 11) is 0. The summed E-state index contributed by atoms with van der Waals surface area (Å²) in [5, 5.41) is 8.24. The number of aromatic amines is 1. The molecule has 0 aliphatic heterocycles. The number of halogens is 1. The Bertz CT molecular complexity index is 497. The summed E-state index contributed by atoms with van der Waals surface area (Å²) in [6.07, 6.45) is 0.837. The van der Waals surface area contributed by atoms with Crippen molar-refractivity contribution in [3.63, 3.8) is 0 Å². The van der Waals surface area contributed by atoms with E-state index in [9.17, 15) is 0 Å². The highest BCUT2D eigenvalue weighted by atomic mass is 35.5. The molecule has 0 amide bonds. The molecule has 2 aromatic rings. The summed E-state index contributed by atoms with van der Waals surface area (Å²) < 4.78 is 0. The third kappa shape index (κ3) is 2.48. The second kappa shape index (κ2) is 4.76. The van der Waals surface area contributed by atoms with Gasteiger partial charge in [-0.2, -0.15) is 0 Å². The maximum absolute atomic E-state index is 5.84. The van der Waals surface area contributed by atoms with Crippen molar-refractivity contribution < 1.29 is 0 Å². The minimum atomic E-state index is 0.631. The number of anilines is 1. The van der Waals surface area contributed by atoms with E-state index in [0.29, 0.717) is 15.9 Å². The number of aromatic nitrogens is 3. The third-order valence-corrected chi connectivity index (χ3v) is 3.21. The molecule has 16 heavy (non-hydrogen) atoms. The highest BCUT2D eigenvalue weighted by Crippen LogP contribution is 2.31. The second-order valence-corrected chi connectivity index (χ2v) is 4.65. The molecule has 4 nitrogen and oxygen atoms in total. The van der Waals surface area contributed by atoms with Gasteiger partial charge in [0.15, 0.2) is 0 Å². The van der Waals surface area contributed by atoms with Crippen LogP contribution in [0.5, 0.6) is 0 Å². The van der Waals surface area contributed by atoms with Crippen LogP contribution < -0.4 is 5.73 Å². The predicted octanol–water partition coefficient (Wildman–Crippen LogP) is 2.75. The molecule has 0 radical (unpaired) electrons. The molecule has 1 aromatic heterocycles. The molecule has 0 aliphatic carbocycles. The second-order valence-electron chi connectivity index (χ2n) is 3.20. The van der Waals surface area contributed by atoms with Gasteiger partial charge in [-0.15, -0.1) is 5.10 Å². The molecule has 1 aromatic carbocycles. The molecule has 3 N–H and O–H groups in total. The highest BCUT2D eigenvalue weighted by Gasteiger charge is 2.07. The number of nitrogens with two attached hydrogens (primary N) is 1. The van der Waals surface area contributed by atoms with Crippen LogP contribution in [-0.4, -0.2) is 15.2 Å². The summed E-state index contributed by atoms with van der Waals surface area (Å²) in [5.41, 5.74) is 6.48. The zero-order chi connectivity index (χ0) is 11.5. The summed E-state index contributed by atoms with van der Waals surface area (Å²) in [4.78, 5) is 5.20. The van der Waals surface area contributed by atoms with Gasteiger partial charge >= 0.3 is 0 Å². The quantitative estimate of drug-likeness (QED) is 0.827. The molecule has 0 spiro atoms. The van der Waals surface area contributed by atoms with Crippen LogP contribution in [0.25, 0.3) is 0 Å². The molecule has 2 rings (SSSR count). The van der Waals surface area contributed by atoms with E-state index in [0.717, 1.165) is 17.1 Å². The van der Waals surface area contributed by atoms with Crippen molar-refractivity contribution in [2.45, 2.75) is 23.4 Å². The Morgan fingerprint density at radius 3 is 2.94 bits per heavy atom. The molecule has 84 valence electrons. The van der Waals surface area contributed by atoms with Crippen LogP contribution in [0.1, 0.15) is 12.7 Å². The predicted molar refractivity (Wildman–Crippen MR) is 65.7 cm³/mol. The zero-order valence-electron chi connectivity index (χ0n) is 8.70. The molecule has 6 heteroatoms. The van der Waals surface area contributed by atoms with E-state index in [4.69, 9.17) is 17.3 Å². The maximum atomic E-state index is 5.84. The Morgan fingerprint density at radius 1 is 1.50 bits per heavy atom. The van der Waals surface area contributed by atoms with Crippen molar-refractivity contribution in [1.82, 2.24) is 15.2 Å². The van der Waals surface area contributed by atoms with Gasteiger partial charge in [-0.25, -0.2) is 4.98 Å². The average molecular weight is 255 g/mol. The molecule has 1 heterocycles. The number of benzene rings is 1. The van der Waals surface area contributed by atoms with E-state index < -0.39 is 0 Å². The standard InChI is InChI=1S/C10H11ClN4S/c1-2-9-13-10(15-14-9)16-8-4-3-6(11)5-7(8)12/h3-5H,2,12H2,1H3,(H,13,14,15). The fraction of sp³-hybridized carbons (Fsp3) is 0.200. The Morgan fingerprint density at radius 2 is 2.31 bits per heavy atom. The smallest absolute Gasteiger partial charge is 0.213 e. The highest BCUT2D eigenvalue weighted by molar-refractivity contribution is 7.99. The van der Waals surface area contributed by atoms with Crippen molar-refractivity contribution in [3.05, 3.63) is 29.0 Å². The number of rotatable bonds is 3. The monoisotopic (exact) mass is 254 g/mol. The fourth-order valence-corrected chi connectivity index (χ4v) is 2.13. The molecular formula is C10H11ClN4S. The number of nitrogen functional groups attached to an aromatic ring is 1. The molecule has 0 aliphatic rings. The first-order valence-corrected chi connectivity index (χ1v) is 6.02. The number of nitrogens with one attached hydrogen (secondary N) is 1. The first-order valence-electron chi connectivity index (χ1n) is 4.83. The number of hydrogen-bond donors (Lipinski definition) is 2. The van der Waals surface area contributed by atoms with Gasteiger partial charge in [0.1, 0.15) is 5.82 Å². The molecular weight excluding hydrogens is 244 g/mol. The van der Waals surface area contributed by atoms with Gasteiger partial charge in [-0.05, 0) is 30.0 Å². The minimum absolute atomic E-state index is 0.631. The summed E-state index contributed by atoms with van der Waals surface area (Å²) in [5.74, 6) is 0.870. The Hall–Kier alpha value is -1.20. The molecule has 0 atom stereocenters. The van der Waals surface area contributed by atoms with Crippen LogP contribution in [0.4, 0.5) is 5.69 Å². The summed E-state index contributed by atoms with van der Waals surface area (Å²) >= 11 is 7.24. The Labute approximate surface area is 103 Å². The Balaban J connectivity index is 2.20. The minimum Gasteiger partial charge on any atom is -0.398 e. The van der Waals surface area contributed by atoms with E-state index in [2.05, 4.69) is 15.2 Å². The number of aryl methyl sites for hydroxylation is 1. The largest absolute Gasteiger partial charge is 0.398 e. The first kappa shape index (κ1) is 11.3. The summed E-state index contributed by atoms with van der Waals surface area (Å²) in [6.45, 7) is 2.02. The zero-order valence-corrected chi connectivity index (χ0v) is 10.3. The van der Waals surface area contributed by atoms with Crippen LogP contribution >= 0.6 is 23.4 Å². The molecule has 0 bridgehead atoms. The molecule has 0 saturated carbocycles. The van der Waals surface area contributed by atoms with E-state index in [1.54, 1.807) is 12.1 Å². The van der Waals surface area contributed by atoms with Crippen LogP contribution in [0.2, 0.25) is 5.02 Å². The van der Waals surface area contributed by atoms with Gasteiger partial charge in [-0.1, -0.05) is 18.5 Å². The van der Waals surface area contributed by atoms with Crippen molar-refractivity contribution in [1.29, 1.82) is 0 Å². The number of hydrogen-bond acceptors (Lipinski definition) is 4. The van der Waals surface area contributed by atoms with Gasteiger partial charge in [-0.3, -0.25) is 5.10 Å². The van der Waals surface area contributed by atoms with Crippen molar-refractivity contribution >= 4 is 29.1 Å². The first-order chi connectivity index (χ1) is 7.69. The van der Waals surface area contributed by atoms with Gasteiger partial charge in [0.05, 0.1) is 0 Å². The molecule has 0 fully saturated rings. The number of nitrogens with zero attached hydrogens (tertiary/aromatic N) is 2. The van der Waals surface area contributed by atoms with Gasteiger partial charge in [0.25, 0.3) is 0 Å². The van der Waals surface area contributed by atoms with E-state index in [1.807, 2.05) is 13.0 Å². The van der Waals surface area contributed by atoms with Crippen molar-refractivity contribution in [2.24, 2.45) is 0 Å². The van der Waals surface area contributed by atoms with Crippen LogP contribution in [0.3, 0.4) is 0 Å². The number of H-pyrrole nitrogens is 1. The van der Waals surface area contributed by atoms with Gasteiger partial charge < -0.3 is 5.73 Å². The van der Waals surface area contributed by atoms with Crippen LogP contribution in [-0.2, 0) is 6.42 Å². The topological polar surface area (TPSA) is 67.6 Å². The lowest BCUT2D eigenvalue weighted by molar-refractivity contribution is 0.941. The molecule has 0 saturated heterocycles. The van der Waals surface area contributed by atoms with Gasteiger partial charge in [0.2, 0.25) is 5.16 Å². The van der Waals surface area contributed by atoms with Crippen LogP contribution in [0.15, 0.2) is 28.3 Å². The summed E-state index contributed by atoms with van der Waals surface area (Å²) in [6, 6.07) is 5.38. The average Bonchev–Trinajstić information content (AvgIpc) is 2.70. The van der Waals surface area contributed by atoms with E-state index >= 15 is 0 Å². The fourth-order valence-electron chi connectivity index (χ4n) is 1.19. The van der Waals surface area contributed by atoms with Crippen molar-refractivity contribution in [2.75, 3.05) is 5.73 Å². The third-order valence-electron chi connectivity index (χ3n) is 2.02. The van der Waals surface area contributed by atoms with E-state index in [1.165, 1.54) is 11.8 Å². The van der Waals surface area contributed by atoms with Crippen molar-refractivity contribution in [3.8, 4) is 0 Å². The van der Waals surface area contributed by atoms with Gasteiger partial charge in [0, 0.05) is 22.0 Å². The molecule has 0 unspecified atom stereocenters. The van der Waals surface area contributed by atoms with Crippen LogP contribution in [0, 0.1) is 0 Å². The lowest BCUT2D eigenvalue weighted by atomic mass is 10.3. The van der Waals surface area contributed by atoms with E-state index in [-0.39, 0.29) is 0 Å². The lowest BCUT2D eigenvalue weighted by Gasteiger charge is -2.02.